The molecule has 0 unspecified atom stereocenters. The molecule has 0 spiro atoms. The second kappa shape index (κ2) is 6.34. The Kier molecular flexibility index (Phi) is 5.09. The topological polar surface area (TPSA) is 35.8 Å². The number of rotatable bonds is 3. The molecule has 0 saturated heterocycles. The fourth-order valence-electron chi connectivity index (χ4n) is 1.21. The van der Waals surface area contributed by atoms with Crippen molar-refractivity contribution in [3.05, 3.63) is 51.8 Å². The maximum atomic E-state index is 8.58. The first kappa shape index (κ1) is 13.6. The van der Waals surface area contributed by atoms with Gasteiger partial charge in [-0.05, 0) is 31.1 Å². The number of hydrogen-bond donors (Lipinski definition) is 1. The van der Waals surface area contributed by atoms with Crippen LogP contribution in [0.1, 0.15) is 19.4 Å². The third-order valence-corrected chi connectivity index (χ3v) is 2.97. The molecule has 1 N–H and O–H groups in total. The standard InChI is InChI=1S/C13H12Cl2N2/c1-9(6-16)7-17-8-10(2)11-4-3-5-12(14)13(11)15/h3-5,7-8,17H,1-2H3/b9-7+,10-8+. The number of allylic oxidation sites excluding steroid dienone is 2. The Labute approximate surface area is 111 Å². The molecule has 0 atom stereocenters. The summed E-state index contributed by atoms with van der Waals surface area (Å²) in [4.78, 5) is 0. The van der Waals surface area contributed by atoms with Crippen LogP contribution < -0.4 is 5.32 Å². The van der Waals surface area contributed by atoms with E-state index in [2.05, 4.69) is 5.32 Å². The molecule has 2 nitrogen and oxygen atoms in total. The number of nitrogens with zero attached hydrogens (tertiary/aromatic N) is 1. The van der Waals surface area contributed by atoms with Crippen LogP contribution in [0.15, 0.2) is 36.2 Å². The number of halogens is 2. The van der Waals surface area contributed by atoms with Gasteiger partial charge in [0.1, 0.15) is 0 Å². The van der Waals surface area contributed by atoms with E-state index in [0.717, 1.165) is 11.1 Å². The van der Waals surface area contributed by atoms with Crippen molar-refractivity contribution in [3.63, 3.8) is 0 Å². The molecule has 0 amide bonds. The van der Waals surface area contributed by atoms with E-state index in [1.165, 1.54) is 0 Å². The van der Waals surface area contributed by atoms with Gasteiger partial charge in [-0.15, -0.1) is 0 Å². The summed E-state index contributed by atoms with van der Waals surface area (Å²) in [5.41, 5.74) is 2.42. The van der Waals surface area contributed by atoms with Gasteiger partial charge in [-0.2, -0.15) is 5.26 Å². The largest absolute Gasteiger partial charge is 0.366 e. The monoisotopic (exact) mass is 266 g/mol. The first-order valence-electron chi connectivity index (χ1n) is 5.00. The first-order valence-corrected chi connectivity index (χ1v) is 5.76. The highest BCUT2D eigenvalue weighted by molar-refractivity contribution is 6.43. The Hall–Kier alpha value is -1.43. The highest BCUT2D eigenvalue weighted by atomic mass is 35.5. The smallest absolute Gasteiger partial charge is 0.0959 e. The third kappa shape index (κ3) is 3.81. The predicted molar refractivity (Wildman–Crippen MR) is 72.6 cm³/mol. The maximum Gasteiger partial charge on any atom is 0.0959 e. The quantitative estimate of drug-likeness (QED) is 0.825. The number of hydrogen-bond acceptors (Lipinski definition) is 2. The molecule has 4 heteroatoms. The van der Waals surface area contributed by atoms with Crippen LogP contribution >= 0.6 is 23.2 Å². The van der Waals surface area contributed by atoms with Crippen LogP contribution in [0.3, 0.4) is 0 Å². The van der Waals surface area contributed by atoms with Gasteiger partial charge in [0.15, 0.2) is 0 Å². The van der Waals surface area contributed by atoms with Crippen molar-refractivity contribution in [2.24, 2.45) is 0 Å². The number of nitrogens with one attached hydrogen (secondary N) is 1. The van der Waals surface area contributed by atoms with Gasteiger partial charge in [0.05, 0.1) is 16.1 Å². The first-order chi connectivity index (χ1) is 8.06. The highest BCUT2D eigenvalue weighted by Crippen LogP contribution is 2.29. The Bertz CT molecular complexity index is 511. The summed E-state index contributed by atoms with van der Waals surface area (Å²) < 4.78 is 0. The van der Waals surface area contributed by atoms with E-state index in [-0.39, 0.29) is 0 Å². The molecule has 0 radical (unpaired) electrons. The molecule has 0 aliphatic carbocycles. The van der Waals surface area contributed by atoms with Crippen LogP contribution in [0, 0.1) is 11.3 Å². The molecular formula is C13H12Cl2N2. The average molecular weight is 267 g/mol. The number of nitriles is 1. The zero-order chi connectivity index (χ0) is 12.8. The third-order valence-electron chi connectivity index (χ3n) is 2.15. The van der Waals surface area contributed by atoms with E-state index >= 15 is 0 Å². The molecule has 1 aromatic rings. The fourth-order valence-corrected chi connectivity index (χ4v) is 1.66. The van der Waals surface area contributed by atoms with Crippen molar-refractivity contribution in [2.75, 3.05) is 0 Å². The van der Waals surface area contributed by atoms with E-state index in [1.807, 2.05) is 25.1 Å². The van der Waals surface area contributed by atoms with Crippen LogP contribution in [-0.4, -0.2) is 0 Å². The van der Waals surface area contributed by atoms with Crippen LogP contribution in [0.4, 0.5) is 0 Å². The molecule has 0 bridgehead atoms. The summed E-state index contributed by atoms with van der Waals surface area (Å²) in [5, 5.41) is 12.6. The van der Waals surface area contributed by atoms with Gasteiger partial charge in [-0.3, -0.25) is 0 Å². The van der Waals surface area contributed by atoms with Crippen LogP contribution in [0.5, 0.6) is 0 Å². The van der Waals surface area contributed by atoms with Gasteiger partial charge < -0.3 is 5.32 Å². The van der Waals surface area contributed by atoms with E-state index < -0.39 is 0 Å². The Morgan fingerprint density at radius 1 is 1.29 bits per heavy atom. The normalized spacial score (nSPS) is 12.2. The van der Waals surface area contributed by atoms with Crippen LogP contribution in [0.2, 0.25) is 10.0 Å². The highest BCUT2D eigenvalue weighted by Gasteiger charge is 2.04. The van der Waals surface area contributed by atoms with Crippen molar-refractivity contribution in [1.29, 1.82) is 5.26 Å². The van der Waals surface area contributed by atoms with Gasteiger partial charge in [0.25, 0.3) is 0 Å². The Morgan fingerprint density at radius 3 is 2.65 bits per heavy atom. The van der Waals surface area contributed by atoms with E-state index in [9.17, 15) is 0 Å². The molecule has 1 rings (SSSR count). The molecule has 0 aliphatic heterocycles. The van der Waals surface area contributed by atoms with E-state index in [0.29, 0.717) is 15.6 Å². The van der Waals surface area contributed by atoms with Crippen molar-refractivity contribution >= 4 is 28.8 Å². The maximum absolute atomic E-state index is 8.58. The Balaban J connectivity index is 2.90. The minimum atomic E-state index is 0.528. The lowest BCUT2D eigenvalue weighted by Crippen LogP contribution is -1.96. The lowest BCUT2D eigenvalue weighted by Gasteiger charge is -2.06. The van der Waals surface area contributed by atoms with Gasteiger partial charge in [-0.1, -0.05) is 35.3 Å². The fraction of sp³-hybridized carbons (Fsp3) is 0.154. The molecule has 0 aromatic heterocycles. The van der Waals surface area contributed by atoms with E-state index in [4.69, 9.17) is 28.5 Å². The summed E-state index contributed by atoms with van der Waals surface area (Å²) in [6.45, 7) is 3.64. The molecule has 1 aromatic carbocycles. The van der Waals surface area contributed by atoms with Crippen molar-refractivity contribution < 1.29 is 0 Å². The minimum Gasteiger partial charge on any atom is -0.366 e. The average Bonchev–Trinajstić information content (AvgIpc) is 2.32. The van der Waals surface area contributed by atoms with Gasteiger partial charge >= 0.3 is 0 Å². The number of benzene rings is 1. The molecule has 0 heterocycles. The zero-order valence-electron chi connectivity index (χ0n) is 9.59. The molecular weight excluding hydrogens is 255 g/mol. The molecule has 17 heavy (non-hydrogen) atoms. The van der Waals surface area contributed by atoms with Crippen molar-refractivity contribution in [2.45, 2.75) is 13.8 Å². The zero-order valence-corrected chi connectivity index (χ0v) is 11.1. The lowest BCUT2D eigenvalue weighted by molar-refractivity contribution is 1.17. The summed E-state index contributed by atoms with van der Waals surface area (Å²) in [6, 6.07) is 7.50. The SMILES string of the molecule is C/C(C#N)=C\N/C=C(\C)c1cccc(Cl)c1Cl. The predicted octanol–water partition coefficient (Wildman–Crippen LogP) is 4.37. The van der Waals surface area contributed by atoms with Crippen LogP contribution in [0.25, 0.3) is 5.57 Å². The minimum absolute atomic E-state index is 0.528. The van der Waals surface area contributed by atoms with Crippen molar-refractivity contribution in [3.8, 4) is 6.07 Å². The second-order valence-corrected chi connectivity index (χ2v) is 4.32. The second-order valence-electron chi connectivity index (χ2n) is 3.53. The van der Waals surface area contributed by atoms with E-state index in [1.54, 1.807) is 25.4 Å². The summed E-state index contributed by atoms with van der Waals surface area (Å²) in [6.07, 6.45) is 3.40. The van der Waals surface area contributed by atoms with Crippen molar-refractivity contribution in [1.82, 2.24) is 5.32 Å². The summed E-state index contributed by atoms with van der Waals surface area (Å²) >= 11 is 12.0. The molecule has 0 saturated carbocycles. The Morgan fingerprint density at radius 2 is 2.00 bits per heavy atom. The molecule has 0 fully saturated rings. The molecule has 88 valence electrons. The summed E-state index contributed by atoms with van der Waals surface area (Å²) in [7, 11) is 0. The lowest BCUT2D eigenvalue weighted by atomic mass is 10.1. The van der Waals surface area contributed by atoms with Gasteiger partial charge in [-0.25, -0.2) is 0 Å². The molecule has 0 aliphatic rings. The van der Waals surface area contributed by atoms with Gasteiger partial charge in [0.2, 0.25) is 0 Å². The summed E-state index contributed by atoms with van der Waals surface area (Å²) in [5.74, 6) is 0. The van der Waals surface area contributed by atoms with Gasteiger partial charge in [0, 0.05) is 18.0 Å². The van der Waals surface area contributed by atoms with Crippen LogP contribution in [-0.2, 0) is 0 Å².